The smallest absolute Gasteiger partial charge is 0.182 e. The Labute approximate surface area is 83.8 Å². The van der Waals surface area contributed by atoms with E-state index in [0.717, 1.165) is 6.07 Å². The fourth-order valence-electron chi connectivity index (χ4n) is 1.19. The molecule has 1 aromatic carbocycles. The molecule has 0 bridgehead atoms. The van der Waals surface area contributed by atoms with Crippen LogP contribution in [0.2, 0.25) is 0 Å². The summed E-state index contributed by atoms with van der Waals surface area (Å²) >= 11 is 4.89. The Hall–Kier alpha value is -1.49. The van der Waals surface area contributed by atoms with Crippen LogP contribution in [0.3, 0.4) is 0 Å². The Kier molecular flexibility index (Phi) is 2.17. The first-order chi connectivity index (χ1) is 6.70. The Balaban J connectivity index is 2.69. The third-order valence-corrected chi connectivity index (χ3v) is 2.15. The number of hydrogen-bond acceptors (Lipinski definition) is 1. The summed E-state index contributed by atoms with van der Waals surface area (Å²) in [5.41, 5.74) is 0.108. The second-order valence-corrected chi connectivity index (χ2v) is 3.09. The van der Waals surface area contributed by atoms with Gasteiger partial charge in [0.15, 0.2) is 16.4 Å². The third-order valence-electron chi connectivity index (χ3n) is 1.84. The highest BCUT2D eigenvalue weighted by atomic mass is 32.1. The second-order valence-electron chi connectivity index (χ2n) is 2.71. The van der Waals surface area contributed by atoms with E-state index in [1.54, 1.807) is 12.4 Å². The van der Waals surface area contributed by atoms with Gasteiger partial charge < -0.3 is 4.98 Å². The van der Waals surface area contributed by atoms with Gasteiger partial charge in [-0.15, -0.1) is 0 Å². The molecule has 0 radical (unpaired) electrons. The summed E-state index contributed by atoms with van der Waals surface area (Å²) in [6, 6.07) is 3.96. The van der Waals surface area contributed by atoms with E-state index in [1.807, 2.05) is 0 Å². The lowest BCUT2D eigenvalue weighted by Gasteiger charge is -2.03. The molecule has 14 heavy (non-hydrogen) atoms. The van der Waals surface area contributed by atoms with E-state index < -0.39 is 11.6 Å². The van der Waals surface area contributed by atoms with E-state index in [2.05, 4.69) is 4.98 Å². The molecule has 0 aliphatic heterocycles. The average Bonchev–Trinajstić information content (AvgIpc) is 2.57. The van der Waals surface area contributed by atoms with Gasteiger partial charge in [-0.05, 0) is 24.4 Å². The summed E-state index contributed by atoms with van der Waals surface area (Å²) in [6.45, 7) is 0. The zero-order chi connectivity index (χ0) is 10.1. The van der Waals surface area contributed by atoms with Crippen LogP contribution in [0.5, 0.6) is 0 Å². The van der Waals surface area contributed by atoms with Gasteiger partial charge in [0.25, 0.3) is 0 Å². The van der Waals surface area contributed by atoms with Crippen molar-refractivity contribution in [1.82, 2.24) is 9.55 Å². The van der Waals surface area contributed by atoms with E-state index in [4.69, 9.17) is 12.2 Å². The van der Waals surface area contributed by atoms with Crippen molar-refractivity contribution in [2.75, 3.05) is 0 Å². The summed E-state index contributed by atoms with van der Waals surface area (Å²) in [4.78, 5) is 2.70. The first-order valence-corrected chi connectivity index (χ1v) is 4.31. The van der Waals surface area contributed by atoms with E-state index in [1.165, 1.54) is 16.7 Å². The van der Waals surface area contributed by atoms with Crippen molar-refractivity contribution < 1.29 is 8.78 Å². The minimum absolute atomic E-state index is 0.108. The molecule has 2 nitrogen and oxygen atoms in total. The summed E-state index contributed by atoms with van der Waals surface area (Å²) in [6.07, 6.45) is 3.10. The molecule has 0 aliphatic carbocycles. The zero-order valence-corrected chi connectivity index (χ0v) is 7.81. The van der Waals surface area contributed by atoms with E-state index in [9.17, 15) is 8.78 Å². The van der Waals surface area contributed by atoms with Crippen LogP contribution in [-0.2, 0) is 0 Å². The summed E-state index contributed by atoms with van der Waals surface area (Å²) in [5.74, 6) is -1.78. The van der Waals surface area contributed by atoms with Crippen LogP contribution in [-0.4, -0.2) is 9.55 Å². The molecule has 0 saturated heterocycles. The van der Waals surface area contributed by atoms with Gasteiger partial charge in [0.2, 0.25) is 0 Å². The van der Waals surface area contributed by atoms with Crippen LogP contribution in [0.25, 0.3) is 5.69 Å². The highest BCUT2D eigenvalue weighted by Crippen LogP contribution is 2.15. The van der Waals surface area contributed by atoms with Crippen LogP contribution in [0.1, 0.15) is 0 Å². The van der Waals surface area contributed by atoms with Crippen molar-refractivity contribution in [3.63, 3.8) is 0 Å². The molecule has 0 atom stereocenters. The van der Waals surface area contributed by atoms with Gasteiger partial charge in [-0.2, -0.15) is 0 Å². The monoisotopic (exact) mass is 212 g/mol. The van der Waals surface area contributed by atoms with Gasteiger partial charge in [0.05, 0.1) is 5.69 Å². The number of nitrogens with zero attached hydrogens (tertiary/aromatic N) is 1. The molecular formula is C9H6F2N2S. The van der Waals surface area contributed by atoms with Crippen molar-refractivity contribution in [1.29, 1.82) is 0 Å². The average molecular weight is 212 g/mol. The molecule has 2 aromatic rings. The molecule has 1 heterocycles. The van der Waals surface area contributed by atoms with Crippen LogP contribution in [0.15, 0.2) is 30.6 Å². The minimum atomic E-state index is -0.900. The number of H-pyrrole nitrogens is 1. The molecule has 0 unspecified atom stereocenters. The third kappa shape index (κ3) is 1.35. The number of aromatic nitrogens is 2. The van der Waals surface area contributed by atoms with Gasteiger partial charge in [-0.1, -0.05) is 6.07 Å². The van der Waals surface area contributed by atoms with Crippen molar-refractivity contribution in [3.8, 4) is 5.69 Å². The van der Waals surface area contributed by atoms with Gasteiger partial charge >= 0.3 is 0 Å². The SMILES string of the molecule is Fc1cccc(-n2cc[nH]c2=S)c1F. The van der Waals surface area contributed by atoms with Gasteiger partial charge in [0, 0.05) is 12.4 Å². The Morgan fingerprint density at radius 3 is 2.71 bits per heavy atom. The fourth-order valence-corrected chi connectivity index (χ4v) is 1.42. The zero-order valence-electron chi connectivity index (χ0n) is 7.00. The molecule has 0 spiro atoms. The molecule has 0 fully saturated rings. The first kappa shape index (κ1) is 9.08. The van der Waals surface area contributed by atoms with Crippen molar-refractivity contribution in [2.45, 2.75) is 0 Å². The molecule has 72 valence electrons. The minimum Gasteiger partial charge on any atom is -0.337 e. The van der Waals surface area contributed by atoms with Crippen LogP contribution >= 0.6 is 12.2 Å². The van der Waals surface area contributed by atoms with Crippen molar-refractivity contribution in [3.05, 3.63) is 47.0 Å². The Bertz CT molecular complexity index is 516. The molecule has 2 rings (SSSR count). The van der Waals surface area contributed by atoms with E-state index in [0.29, 0.717) is 4.77 Å². The van der Waals surface area contributed by atoms with Crippen LogP contribution in [0.4, 0.5) is 8.78 Å². The summed E-state index contributed by atoms with van der Waals surface area (Å²) in [7, 11) is 0. The molecule has 1 aromatic heterocycles. The van der Waals surface area contributed by atoms with Gasteiger partial charge in [-0.3, -0.25) is 4.57 Å². The number of hydrogen-bond donors (Lipinski definition) is 1. The maximum absolute atomic E-state index is 13.3. The second kappa shape index (κ2) is 3.34. The predicted octanol–water partition coefficient (Wildman–Crippen LogP) is 2.81. The number of imidazole rings is 1. The molecule has 0 amide bonds. The predicted molar refractivity (Wildman–Crippen MR) is 50.9 cm³/mol. The quantitative estimate of drug-likeness (QED) is 0.721. The number of benzene rings is 1. The molecule has 0 saturated carbocycles. The van der Waals surface area contributed by atoms with Gasteiger partial charge in [-0.25, -0.2) is 8.78 Å². The number of nitrogens with one attached hydrogen (secondary N) is 1. The molecule has 1 N–H and O–H groups in total. The lowest BCUT2D eigenvalue weighted by atomic mass is 10.3. The fraction of sp³-hybridized carbons (Fsp3) is 0. The lowest BCUT2D eigenvalue weighted by Crippen LogP contribution is -1.98. The van der Waals surface area contributed by atoms with Crippen LogP contribution in [0, 0.1) is 16.4 Å². The summed E-state index contributed by atoms with van der Waals surface area (Å²) < 4.78 is 27.9. The number of halogens is 2. The number of rotatable bonds is 1. The topological polar surface area (TPSA) is 20.7 Å². The van der Waals surface area contributed by atoms with Crippen molar-refractivity contribution >= 4 is 12.2 Å². The lowest BCUT2D eigenvalue weighted by molar-refractivity contribution is 0.504. The Morgan fingerprint density at radius 1 is 1.29 bits per heavy atom. The standard InChI is InChI=1S/C9H6F2N2S/c10-6-2-1-3-7(8(6)11)13-5-4-12-9(13)14/h1-5H,(H,12,14). The van der Waals surface area contributed by atoms with Crippen LogP contribution < -0.4 is 0 Å². The van der Waals surface area contributed by atoms with Gasteiger partial charge in [0.1, 0.15) is 0 Å². The maximum atomic E-state index is 13.3. The molecule has 0 aliphatic rings. The van der Waals surface area contributed by atoms with E-state index in [-0.39, 0.29) is 5.69 Å². The molecule has 5 heteroatoms. The largest absolute Gasteiger partial charge is 0.337 e. The highest BCUT2D eigenvalue weighted by molar-refractivity contribution is 7.71. The maximum Gasteiger partial charge on any atom is 0.182 e. The Morgan fingerprint density at radius 2 is 2.07 bits per heavy atom. The highest BCUT2D eigenvalue weighted by Gasteiger charge is 2.09. The van der Waals surface area contributed by atoms with E-state index >= 15 is 0 Å². The normalized spacial score (nSPS) is 10.4. The molecular weight excluding hydrogens is 206 g/mol. The summed E-state index contributed by atoms with van der Waals surface area (Å²) in [5, 5.41) is 0. The number of aromatic amines is 1. The van der Waals surface area contributed by atoms with Crippen molar-refractivity contribution in [2.24, 2.45) is 0 Å². The first-order valence-electron chi connectivity index (χ1n) is 3.90.